The standard InChI is InChI=1S/C23H22N6O3/c1-12-10-16(14(3)32-12)22(30)26-27-23(31)17-11-18(15-7-8-15)25-21-20(17)13(2)28-29(21)19-6-4-5-9-24-19/h4-6,9-11,15H,7-8H2,1-3H3,(H,26,30)(H,27,31). The van der Waals surface area contributed by atoms with Crippen molar-refractivity contribution in [1.29, 1.82) is 0 Å². The van der Waals surface area contributed by atoms with Crippen molar-refractivity contribution in [1.82, 2.24) is 30.6 Å². The maximum atomic E-state index is 13.1. The summed E-state index contributed by atoms with van der Waals surface area (Å²) in [5.74, 6) is 1.18. The molecule has 0 spiro atoms. The summed E-state index contributed by atoms with van der Waals surface area (Å²) < 4.78 is 7.05. The van der Waals surface area contributed by atoms with E-state index >= 15 is 0 Å². The monoisotopic (exact) mass is 430 g/mol. The molecule has 4 heterocycles. The molecule has 1 saturated carbocycles. The average molecular weight is 430 g/mol. The number of pyridine rings is 2. The van der Waals surface area contributed by atoms with Gasteiger partial charge in [0.05, 0.1) is 22.2 Å². The van der Waals surface area contributed by atoms with Gasteiger partial charge in [-0.25, -0.2) is 9.97 Å². The number of furan rings is 1. The number of amides is 2. The van der Waals surface area contributed by atoms with E-state index in [4.69, 9.17) is 9.40 Å². The summed E-state index contributed by atoms with van der Waals surface area (Å²) in [6, 6.07) is 8.97. The number of aromatic nitrogens is 4. The van der Waals surface area contributed by atoms with E-state index in [0.717, 1.165) is 18.5 Å². The van der Waals surface area contributed by atoms with Gasteiger partial charge in [0, 0.05) is 17.8 Å². The van der Waals surface area contributed by atoms with Crippen molar-refractivity contribution in [2.45, 2.75) is 39.5 Å². The van der Waals surface area contributed by atoms with Crippen LogP contribution < -0.4 is 10.9 Å². The van der Waals surface area contributed by atoms with Crippen LogP contribution in [0.15, 0.2) is 40.9 Å². The van der Waals surface area contributed by atoms with Crippen LogP contribution in [0.3, 0.4) is 0 Å². The predicted molar refractivity (Wildman–Crippen MR) is 116 cm³/mol. The Labute approximate surface area is 183 Å². The maximum Gasteiger partial charge on any atom is 0.273 e. The molecule has 2 amide bonds. The van der Waals surface area contributed by atoms with E-state index in [1.807, 2.05) is 25.1 Å². The Morgan fingerprint density at radius 3 is 2.44 bits per heavy atom. The van der Waals surface area contributed by atoms with E-state index in [1.165, 1.54) is 0 Å². The van der Waals surface area contributed by atoms with Gasteiger partial charge in [-0.3, -0.25) is 20.4 Å². The molecular weight excluding hydrogens is 408 g/mol. The Hall–Kier alpha value is -4.01. The minimum Gasteiger partial charge on any atom is -0.466 e. The first-order valence-electron chi connectivity index (χ1n) is 10.4. The van der Waals surface area contributed by atoms with Crippen molar-refractivity contribution in [3.05, 3.63) is 70.6 Å². The molecule has 0 saturated heterocycles. The number of hydrogen-bond acceptors (Lipinski definition) is 6. The number of aryl methyl sites for hydroxylation is 3. The molecule has 5 rings (SSSR count). The summed E-state index contributed by atoms with van der Waals surface area (Å²) in [5.41, 5.74) is 7.86. The van der Waals surface area contributed by atoms with Gasteiger partial charge < -0.3 is 4.42 Å². The van der Waals surface area contributed by atoms with Crippen LogP contribution in [-0.2, 0) is 0 Å². The predicted octanol–water partition coefficient (Wildman–Crippen LogP) is 3.29. The van der Waals surface area contributed by atoms with Crippen molar-refractivity contribution in [2.75, 3.05) is 0 Å². The van der Waals surface area contributed by atoms with Gasteiger partial charge in [-0.15, -0.1) is 0 Å². The van der Waals surface area contributed by atoms with Crippen LogP contribution in [0, 0.1) is 20.8 Å². The first-order valence-corrected chi connectivity index (χ1v) is 10.4. The molecule has 4 aromatic heterocycles. The molecule has 1 aliphatic rings. The number of carbonyl (C=O) groups excluding carboxylic acids is 2. The summed E-state index contributed by atoms with van der Waals surface area (Å²) in [4.78, 5) is 34.8. The van der Waals surface area contributed by atoms with Crippen LogP contribution in [0.2, 0.25) is 0 Å². The third kappa shape index (κ3) is 3.51. The second-order valence-corrected chi connectivity index (χ2v) is 7.99. The second-order valence-electron chi connectivity index (χ2n) is 7.99. The van der Waals surface area contributed by atoms with Crippen LogP contribution in [0.5, 0.6) is 0 Å². The SMILES string of the molecule is Cc1cc(C(=O)NNC(=O)c2cc(C3CC3)nc3c2c(C)nn3-c2ccccn2)c(C)o1. The molecule has 1 aliphatic carbocycles. The Bertz CT molecular complexity index is 1350. The van der Waals surface area contributed by atoms with E-state index in [9.17, 15) is 9.59 Å². The lowest BCUT2D eigenvalue weighted by atomic mass is 10.1. The minimum atomic E-state index is -0.443. The van der Waals surface area contributed by atoms with Gasteiger partial charge in [-0.05, 0) is 57.9 Å². The highest BCUT2D eigenvalue weighted by Crippen LogP contribution is 2.40. The number of nitrogens with one attached hydrogen (secondary N) is 2. The Morgan fingerprint density at radius 2 is 1.81 bits per heavy atom. The Morgan fingerprint density at radius 1 is 1.06 bits per heavy atom. The lowest BCUT2D eigenvalue weighted by Gasteiger charge is -2.10. The van der Waals surface area contributed by atoms with E-state index in [1.54, 1.807) is 36.9 Å². The largest absolute Gasteiger partial charge is 0.466 e. The third-order valence-corrected chi connectivity index (χ3v) is 5.51. The topological polar surface area (TPSA) is 115 Å². The van der Waals surface area contributed by atoms with Crippen molar-refractivity contribution in [3.8, 4) is 5.82 Å². The quantitative estimate of drug-likeness (QED) is 0.480. The maximum absolute atomic E-state index is 13.1. The van der Waals surface area contributed by atoms with Gasteiger partial charge >= 0.3 is 0 Å². The highest BCUT2D eigenvalue weighted by Gasteiger charge is 2.29. The smallest absolute Gasteiger partial charge is 0.273 e. The van der Waals surface area contributed by atoms with Gasteiger partial charge in [0.1, 0.15) is 11.5 Å². The van der Waals surface area contributed by atoms with E-state index in [0.29, 0.717) is 51.1 Å². The summed E-state index contributed by atoms with van der Waals surface area (Å²) in [5, 5.41) is 5.22. The number of fused-ring (bicyclic) bond motifs is 1. The van der Waals surface area contributed by atoms with Crippen LogP contribution in [-0.4, -0.2) is 31.6 Å². The summed E-state index contributed by atoms with van der Waals surface area (Å²) in [6.07, 6.45) is 3.75. The highest BCUT2D eigenvalue weighted by atomic mass is 16.3. The minimum absolute atomic E-state index is 0.324. The molecule has 9 heteroatoms. The summed E-state index contributed by atoms with van der Waals surface area (Å²) in [7, 11) is 0. The second kappa shape index (κ2) is 7.60. The lowest BCUT2D eigenvalue weighted by Crippen LogP contribution is -2.41. The number of hydrogen-bond donors (Lipinski definition) is 2. The third-order valence-electron chi connectivity index (χ3n) is 5.51. The Balaban J connectivity index is 1.51. The van der Waals surface area contributed by atoms with Crippen molar-refractivity contribution in [2.24, 2.45) is 0 Å². The van der Waals surface area contributed by atoms with Gasteiger partial charge in [0.2, 0.25) is 0 Å². The number of carbonyl (C=O) groups is 2. The molecule has 0 atom stereocenters. The van der Waals surface area contributed by atoms with Crippen LogP contribution >= 0.6 is 0 Å². The van der Waals surface area contributed by atoms with Crippen molar-refractivity contribution >= 4 is 22.8 Å². The summed E-state index contributed by atoms with van der Waals surface area (Å²) >= 11 is 0. The van der Waals surface area contributed by atoms with Crippen molar-refractivity contribution in [3.63, 3.8) is 0 Å². The molecule has 4 aromatic rings. The fourth-order valence-corrected chi connectivity index (χ4v) is 3.82. The Kier molecular flexibility index (Phi) is 4.73. The zero-order chi connectivity index (χ0) is 22.4. The molecule has 0 radical (unpaired) electrons. The zero-order valence-electron chi connectivity index (χ0n) is 18.0. The number of rotatable bonds is 4. The lowest BCUT2D eigenvalue weighted by molar-refractivity contribution is 0.0846. The van der Waals surface area contributed by atoms with Gasteiger partial charge in [-0.1, -0.05) is 6.07 Å². The summed E-state index contributed by atoms with van der Waals surface area (Å²) in [6.45, 7) is 5.29. The van der Waals surface area contributed by atoms with Gasteiger partial charge in [0.25, 0.3) is 11.8 Å². The molecule has 2 N–H and O–H groups in total. The average Bonchev–Trinajstić information content (AvgIpc) is 3.51. The molecule has 0 unspecified atom stereocenters. The number of hydrazine groups is 1. The first kappa shape index (κ1) is 19.9. The van der Waals surface area contributed by atoms with E-state index in [2.05, 4.69) is 20.9 Å². The van der Waals surface area contributed by atoms with Gasteiger partial charge in [0.15, 0.2) is 11.5 Å². The zero-order valence-corrected chi connectivity index (χ0v) is 18.0. The molecule has 162 valence electrons. The molecule has 1 fully saturated rings. The van der Waals surface area contributed by atoms with Crippen LogP contribution in [0.25, 0.3) is 16.9 Å². The normalized spacial score (nSPS) is 13.3. The highest BCUT2D eigenvalue weighted by molar-refractivity contribution is 6.08. The van der Waals surface area contributed by atoms with Gasteiger partial charge in [-0.2, -0.15) is 9.78 Å². The molecular formula is C23H22N6O3. The van der Waals surface area contributed by atoms with Crippen LogP contribution in [0.4, 0.5) is 0 Å². The molecule has 0 aliphatic heterocycles. The fraction of sp³-hybridized carbons (Fsp3) is 0.261. The van der Waals surface area contributed by atoms with E-state index < -0.39 is 11.8 Å². The number of nitrogens with zero attached hydrogens (tertiary/aromatic N) is 4. The molecule has 0 aromatic carbocycles. The molecule has 9 nitrogen and oxygen atoms in total. The van der Waals surface area contributed by atoms with E-state index in [-0.39, 0.29) is 0 Å². The first-order chi connectivity index (χ1) is 15.4. The van der Waals surface area contributed by atoms with Crippen LogP contribution in [0.1, 0.15) is 62.4 Å². The fourth-order valence-electron chi connectivity index (χ4n) is 3.82. The van der Waals surface area contributed by atoms with Crippen molar-refractivity contribution < 1.29 is 14.0 Å². The molecule has 32 heavy (non-hydrogen) atoms. The molecule has 0 bridgehead atoms.